The fraction of sp³-hybridized carbons (Fsp3) is 0.214. The van der Waals surface area contributed by atoms with Gasteiger partial charge in [-0.2, -0.15) is 0 Å². The zero-order chi connectivity index (χ0) is 22.5. The molecule has 0 bridgehead atoms. The summed E-state index contributed by atoms with van der Waals surface area (Å²) in [5, 5.41) is 0.962. The molecule has 33 heavy (non-hydrogen) atoms. The Hall–Kier alpha value is -3.28. The van der Waals surface area contributed by atoms with Crippen LogP contribution in [0.4, 0.5) is 0 Å². The van der Waals surface area contributed by atoms with E-state index in [2.05, 4.69) is 41.3 Å². The van der Waals surface area contributed by atoms with E-state index in [9.17, 15) is 4.79 Å². The van der Waals surface area contributed by atoms with Crippen LogP contribution in [0.2, 0.25) is 0 Å². The van der Waals surface area contributed by atoms with Crippen LogP contribution in [0.25, 0.3) is 32.3 Å². The van der Waals surface area contributed by atoms with E-state index in [1.165, 1.54) is 12.8 Å². The number of aromatic nitrogens is 1. The molecular weight excluding hydrogens is 428 g/mol. The molecule has 1 fully saturated rings. The minimum Gasteiger partial charge on any atom is -0.486 e. The molecule has 4 aromatic rings. The second-order valence-corrected chi connectivity index (χ2v) is 9.26. The maximum absolute atomic E-state index is 12.2. The van der Waals surface area contributed by atoms with Gasteiger partial charge in [-0.25, -0.2) is 4.98 Å². The van der Waals surface area contributed by atoms with Crippen LogP contribution in [-0.4, -0.2) is 41.9 Å². The van der Waals surface area contributed by atoms with Crippen molar-refractivity contribution in [1.82, 2.24) is 9.88 Å². The van der Waals surface area contributed by atoms with Crippen LogP contribution in [0.15, 0.2) is 84.9 Å². The number of hydrogen-bond acceptors (Lipinski definition) is 5. The lowest BCUT2D eigenvalue weighted by molar-refractivity contribution is -0.121. The number of benzene rings is 3. The highest BCUT2D eigenvalue weighted by molar-refractivity contribution is 7.19. The van der Waals surface area contributed by atoms with Crippen molar-refractivity contribution in [3.63, 3.8) is 0 Å². The summed E-state index contributed by atoms with van der Waals surface area (Å²) in [6.07, 6.45) is 2.37. The van der Waals surface area contributed by atoms with Crippen molar-refractivity contribution in [3.8, 4) is 38.0 Å². The number of rotatable bonds is 8. The number of ether oxygens (including phenoxy) is 1. The summed E-state index contributed by atoms with van der Waals surface area (Å²) in [6.45, 7) is 2.64. The topological polar surface area (TPSA) is 42.4 Å². The Bertz CT molecular complexity index is 1140. The zero-order valence-electron chi connectivity index (χ0n) is 18.4. The Kier molecular flexibility index (Phi) is 6.61. The lowest BCUT2D eigenvalue weighted by Crippen LogP contribution is -2.29. The Morgan fingerprint density at radius 3 is 2.12 bits per heavy atom. The van der Waals surface area contributed by atoms with E-state index < -0.39 is 0 Å². The number of Topliss-reactive ketones (excluding diaryl/α,β-unsaturated/α-hetero) is 1. The minimum absolute atomic E-state index is 0.114. The molecule has 0 radical (unpaired) electrons. The van der Waals surface area contributed by atoms with E-state index in [4.69, 9.17) is 9.72 Å². The van der Waals surface area contributed by atoms with Crippen LogP contribution in [0, 0.1) is 0 Å². The molecule has 3 aromatic carbocycles. The maximum atomic E-state index is 12.2. The highest BCUT2D eigenvalue weighted by atomic mass is 32.1. The predicted molar refractivity (Wildman–Crippen MR) is 135 cm³/mol. The summed E-state index contributed by atoms with van der Waals surface area (Å²) >= 11 is 1.69. The molecule has 166 valence electrons. The number of ketones is 1. The van der Waals surface area contributed by atoms with Crippen LogP contribution in [0.5, 0.6) is 5.75 Å². The number of likely N-dealkylation sites (tertiary alicyclic amines) is 1. The van der Waals surface area contributed by atoms with Gasteiger partial charge in [0.05, 0.1) is 17.1 Å². The van der Waals surface area contributed by atoms with Gasteiger partial charge in [0, 0.05) is 11.1 Å². The summed E-state index contributed by atoms with van der Waals surface area (Å²) in [5.41, 5.74) is 4.30. The van der Waals surface area contributed by atoms with Gasteiger partial charge < -0.3 is 4.74 Å². The van der Waals surface area contributed by atoms with Gasteiger partial charge >= 0.3 is 0 Å². The molecular formula is C28H26N2O2S. The van der Waals surface area contributed by atoms with Gasteiger partial charge in [0.2, 0.25) is 0 Å². The molecule has 0 aliphatic carbocycles. The summed E-state index contributed by atoms with van der Waals surface area (Å²) in [6, 6.07) is 28.6. The van der Waals surface area contributed by atoms with E-state index in [0.29, 0.717) is 12.3 Å². The Labute approximate surface area is 198 Å². The van der Waals surface area contributed by atoms with E-state index in [0.717, 1.165) is 45.4 Å². The number of carbonyl (C=O) groups is 1. The first-order valence-electron chi connectivity index (χ1n) is 11.4. The van der Waals surface area contributed by atoms with Crippen molar-refractivity contribution in [2.75, 3.05) is 26.2 Å². The van der Waals surface area contributed by atoms with Crippen LogP contribution in [0.3, 0.4) is 0 Å². The van der Waals surface area contributed by atoms with E-state index in [-0.39, 0.29) is 12.4 Å². The smallest absolute Gasteiger partial charge is 0.184 e. The molecule has 0 spiro atoms. The molecule has 5 rings (SSSR count). The van der Waals surface area contributed by atoms with Crippen molar-refractivity contribution in [2.45, 2.75) is 12.8 Å². The minimum atomic E-state index is 0.114. The van der Waals surface area contributed by atoms with Crippen molar-refractivity contribution in [1.29, 1.82) is 0 Å². The largest absolute Gasteiger partial charge is 0.486 e. The van der Waals surface area contributed by atoms with Crippen molar-refractivity contribution >= 4 is 17.1 Å². The first-order valence-corrected chi connectivity index (χ1v) is 12.2. The van der Waals surface area contributed by atoms with Crippen LogP contribution >= 0.6 is 11.3 Å². The lowest BCUT2D eigenvalue weighted by Gasteiger charge is -2.13. The highest BCUT2D eigenvalue weighted by Crippen LogP contribution is 2.40. The third kappa shape index (κ3) is 5.21. The Morgan fingerprint density at radius 1 is 0.818 bits per heavy atom. The molecule has 1 saturated heterocycles. The molecule has 0 N–H and O–H groups in total. The lowest BCUT2D eigenvalue weighted by atomic mass is 10.1. The molecule has 1 aliphatic rings. The average Bonchev–Trinajstić information content (AvgIpc) is 3.55. The standard InChI is InChI=1S/C28H26N2O2S/c31-24(19-30-17-7-8-18-30)20-32-25-15-13-23(14-16-25)28-29-26(21-9-3-1-4-10-21)27(33-28)22-11-5-2-6-12-22/h1-6,9-16H,7-8,17-20H2. The van der Waals surface area contributed by atoms with Gasteiger partial charge in [-0.15, -0.1) is 11.3 Å². The average molecular weight is 455 g/mol. The molecule has 4 nitrogen and oxygen atoms in total. The monoisotopic (exact) mass is 454 g/mol. The van der Waals surface area contributed by atoms with E-state index in [1.54, 1.807) is 11.3 Å². The Morgan fingerprint density at radius 2 is 1.45 bits per heavy atom. The number of thiazole rings is 1. The SMILES string of the molecule is O=C(COc1ccc(-c2nc(-c3ccccc3)c(-c3ccccc3)s2)cc1)CN1CCCC1. The molecule has 2 heterocycles. The molecule has 1 aliphatic heterocycles. The van der Waals surface area contributed by atoms with Gasteiger partial charge in [-0.3, -0.25) is 9.69 Å². The number of nitrogens with zero attached hydrogens (tertiary/aromatic N) is 2. The molecule has 0 unspecified atom stereocenters. The maximum Gasteiger partial charge on any atom is 0.184 e. The summed E-state index contributed by atoms with van der Waals surface area (Å²) in [5.74, 6) is 0.831. The van der Waals surface area contributed by atoms with Gasteiger partial charge in [-0.1, -0.05) is 60.7 Å². The van der Waals surface area contributed by atoms with E-state index >= 15 is 0 Å². The second kappa shape index (κ2) is 10.1. The van der Waals surface area contributed by atoms with Crippen LogP contribution < -0.4 is 4.74 Å². The van der Waals surface area contributed by atoms with Crippen molar-refractivity contribution in [2.24, 2.45) is 0 Å². The summed E-state index contributed by atoms with van der Waals surface area (Å²) < 4.78 is 5.74. The van der Waals surface area contributed by atoms with Gasteiger partial charge in [0.25, 0.3) is 0 Å². The van der Waals surface area contributed by atoms with E-state index in [1.807, 2.05) is 48.5 Å². The van der Waals surface area contributed by atoms with Crippen molar-refractivity contribution in [3.05, 3.63) is 84.9 Å². The second-order valence-electron chi connectivity index (χ2n) is 8.26. The van der Waals surface area contributed by atoms with Crippen LogP contribution in [0.1, 0.15) is 12.8 Å². The molecule has 0 amide bonds. The fourth-order valence-corrected chi connectivity index (χ4v) is 5.21. The summed E-state index contributed by atoms with van der Waals surface area (Å²) in [7, 11) is 0. The fourth-order valence-electron chi connectivity index (χ4n) is 4.11. The molecule has 5 heteroatoms. The third-order valence-corrected chi connectivity index (χ3v) is 6.96. The normalized spacial score (nSPS) is 13.8. The number of carbonyl (C=O) groups excluding carboxylic acids is 1. The first kappa shape index (κ1) is 21.6. The van der Waals surface area contributed by atoms with Crippen LogP contribution in [-0.2, 0) is 4.79 Å². The highest BCUT2D eigenvalue weighted by Gasteiger charge is 2.17. The Balaban J connectivity index is 1.34. The predicted octanol–water partition coefficient (Wildman–Crippen LogP) is 6.19. The van der Waals surface area contributed by atoms with Gasteiger partial charge in [-0.05, 0) is 55.8 Å². The zero-order valence-corrected chi connectivity index (χ0v) is 19.3. The van der Waals surface area contributed by atoms with Gasteiger partial charge in [0.15, 0.2) is 5.78 Å². The van der Waals surface area contributed by atoms with Gasteiger partial charge in [0.1, 0.15) is 17.4 Å². The van der Waals surface area contributed by atoms with Crippen molar-refractivity contribution < 1.29 is 9.53 Å². The first-order chi connectivity index (χ1) is 16.3. The number of hydrogen-bond donors (Lipinski definition) is 0. The molecule has 0 saturated carbocycles. The quantitative estimate of drug-likeness (QED) is 0.318. The molecule has 0 atom stereocenters. The third-order valence-electron chi connectivity index (χ3n) is 5.81. The summed E-state index contributed by atoms with van der Waals surface area (Å²) in [4.78, 5) is 20.6. The molecule has 1 aromatic heterocycles.